The number of hydrogen-bond donors (Lipinski definition) is 0. The molecule has 36 heavy (non-hydrogen) atoms. The van der Waals surface area contributed by atoms with Gasteiger partial charge in [0.1, 0.15) is 6.15 Å². The molecule has 0 saturated heterocycles. The Morgan fingerprint density at radius 1 is 0.250 bits per heavy atom. The van der Waals surface area contributed by atoms with Crippen molar-refractivity contribution < 1.29 is 17.1 Å². The zero-order valence-electron chi connectivity index (χ0n) is 20.3. The van der Waals surface area contributed by atoms with Crippen LogP contribution in [0.2, 0.25) is 0 Å². The van der Waals surface area contributed by atoms with E-state index in [-0.39, 0.29) is 17.1 Å². The minimum atomic E-state index is -1.22. The molecule has 2 aliphatic rings. The van der Waals surface area contributed by atoms with Gasteiger partial charge in [0.25, 0.3) is 0 Å². The molecule has 0 amide bonds. The molecule has 0 bridgehead atoms. The van der Waals surface area contributed by atoms with Crippen LogP contribution in [0.25, 0.3) is 0 Å². The Bertz CT molecular complexity index is 884. The molecule has 2 heteroatoms. The summed E-state index contributed by atoms with van der Waals surface area (Å²) in [7, 11) is 0. The normalized spacial score (nSPS) is 14.4. The molecule has 0 aliphatic heterocycles. The van der Waals surface area contributed by atoms with Gasteiger partial charge in [-0.15, -0.1) is 0 Å². The second kappa shape index (κ2) is 15.5. The maximum atomic E-state index is 2.26. The van der Waals surface area contributed by atoms with Crippen molar-refractivity contribution in [1.82, 2.24) is 0 Å². The second-order valence-corrected chi connectivity index (χ2v) is 8.43. The van der Waals surface area contributed by atoms with E-state index in [0.717, 1.165) is 0 Å². The van der Waals surface area contributed by atoms with Crippen molar-refractivity contribution in [2.24, 2.45) is 0 Å². The third-order valence-electron chi connectivity index (χ3n) is 6.31. The summed E-state index contributed by atoms with van der Waals surface area (Å²) >= 11 is 0. The maximum Gasteiger partial charge on any atom is 3.00 e. The van der Waals surface area contributed by atoms with Crippen molar-refractivity contribution in [2.75, 3.05) is 0 Å². The second-order valence-electron chi connectivity index (χ2n) is 8.43. The van der Waals surface area contributed by atoms with Crippen LogP contribution in [0.5, 0.6) is 0 Å². The molecule has 0 unspecified atom stereocenters. The fraction of sp³-hybridized carbons (Fsp3) is 0. The standard InChI is InChI=1S/C24H20B.2C5H5.Fe/c1-5-13-21(14-6-1)25(22-15-7-2-8-16-22,23-17-9-3-10-18-23)24-19-11-4-12-20-24;2*1-2-4-5-3-1;/h1-20H;2*1-5H;/q-1;;;+3. The quantitative estimate of drug-likeness (QED) is 0.339. The first-order chi connectivity index (χ1) is 17.4. The van der Waals surface area contributed by atoms with E-state index >= 15 is 0 Å². The fourth-order valence-corrected chi connectivity index (χ4v) is 4.76. The van der Waals surface area contributed by atoms with E-state index < -0.39 is 6.15 Å². The Kier molecular flexibility index (Phi) is 12.1. The van der Waals surface area contributed by atoms with E-state index in [1.807, 2.05) is 64.2 Å². The molecule has 0 spiro atoms. The minimum Gasteiger partial charge on any atom is -0.195 e. The summed E-state index contributed by atoms with van der Waals surface area (Å²) in [4.78, 5) is 0. The van der Waals surface area contributed by atoms with Gasteiger partial charge in [0.2, 0.25) is 0 Å². The number of rotatable bonds is 4. The topological polar surface area (TPSA) is 0 Å². The summed E-state index contributed by atoms with van der Waals surface area (Å²) in [6, 6.07) is 43.5. The predicted molar refractivity (Wildman–Crippen MR) is 153 cm³/mol. The molecule has 4 aromatic rings. The van der Waals surface area contributed by atoms with Crippen molar-refractivity contribution in [2.45, 2.75) is 0 Å². The smallest absolute Gasteiger partial charge is 0.195 e. The van der Waals surface area contributed by atoms with E-state index in [2.05, 4.69) is 121 Å². The van der Waals surface area contributed by atoms with Gasteiger partial charge in [-0.05, 0) is 64.2 Å². The molecule has 0 aromatic heterocycles. The largest absolute Gasteiger partial charge is 3.00 e. The van der Waals surface area contributed by atoms with Gasteiger partial charge >= 0.3 is 17.1 Å². The molecule has 2 aliphatic carbocycles. The molecule has 0 N–H and O–H groups in total. The average Bonchev–Trinajstić information content (AvgIpc) is 3.72. The van der Waals surface area contributed by atoms with Gasteiger partial charge in [-0.2, -0.15) is 21.9 Å². The van der Waals surface area contributed by atoms with E-state index in [1.54, 1.807) is 0 Å². The molecule has 2 fully saturated rings. The Morgan fingerprint density at radius 3 is 0.583 bits per heavy atom. The van der Waals surface area contributed by atoms with Crippen LogP contribution in [0, 0.1) is 64.2 Å². The van der Waals surface area contributed by atoms with Gasteiger partial charge in [-0.3, -0.25) is 0 Å². The number of hydrogen-bond acceptors (Lipinski definition) is 0. The molecule has 4 aromatic carbocycles. The Morgan fingerprint density at radius 2 is 0.417 bits per heavy atom. The van der Waals surface area contributed by atoms with Gasteiger partial charge < -0.3 is 0 Å². The third-order valence-corrected chi connectivity index (χ3v) is 6.31. The van der Waals surface area contributed by atoms with Crippen LogP contribution in [-0.4, -0.2) is 6.15 Å². The molecule has 0 heterocycles. The third kappa shape index (κ3) is 7.25. The van der Waals surface area contributed by atoms with Crippen LogP contribution in [0.3, 0.4) is 0 Å². The van der Waals surface area contributed by atoms with Crippen LogP contribution >= 0.6 is 0 Å². The van der Waals surface area contributed by atoms with Crippen LogP contribution in [-0.2, 0) is 17.1 Å². The van der Waals surface area contributed by atoms with Gasteiger partial charge in [-0.1, -0.05) is 121 Å². The molecule has 0 nitrogen and oxygen atoms in total. The van der Waals surface area contributed by atoms with Crippen molar-refractivity contribution in [3.05, 3.63) is 186 Å². The van der Waals surface area contributed by atoms with Crippen LogP contribution < -0.4 is 21.9 Å². The summed E-state index contributed by atoms with van der Waals surface area (Å²) in [5, 5.41) is 0. The molecule has 175 valence electrons. The molecule has 11 radical (unpaired) electrons. The molecular formula is C34H30BFe+2. The van der Waals surface area contributed by atoms with Crippen molar-refractivity contribution >= 4 is 28.0 Å². The zero-order chi connectivity index (χ0) is 24.0. The van der Waals surface area contributed by atoms with Crippen LogP contribution in [0.15, 0.2) is 121 Å². The van der Waals surface area contributed by atoms with E-state index in [4.69, 9.17) is 0 Å². The molecule has 2 saturated carbocycles. The van der Waals surface area contributed by atoms with Gasteiger partial charge in [0.05, 0.1) is 0 Å². The maximum absolute atomic E-state index is 2.26. The van der Waals surface area contributed by atoms with Gasteiger partial charge in [-0.25, -0.2) is 0 Å². The van der Waals surface area contributed by atoms with Crippen molar-refractivity contribution in [3.63, 3.8) is 0 Å². The van der Waals surface area contributed by atoms with E-state index in [0.29, 0.717) is 0 Å². The summed E-state index contributed by atoms with van der Waals surface area (Å²) < 4.78 is 0. The summed E-state index contributed by atoms with van der Waals surface area (Å²) in [6.07, 6.45) is 18.8. The molecule has 6 rings (SSSR count). The summed E-state index contributed by atoms with van der Waals surface area (Å²) in [6.45, 7) is 0. The molecular weight excluding hydrogens is 475 g/mol. The SMILES string of the molecule is [CH]1[CH][CH][CH][CH]1.[CH]1[CH][CH][CH][CH]1.[Fe+3].c1ccc([B-](c2ccccc2)(c2ccccc2)c2ccccc2)cc1. The monoisotopic (exact) mass is 505 g/mol. The van der Waals surface area contributed by atoms with E-state index in [9.17, 15) is 0 Å². The van der Waals surface area contributed by atoms with Gasteiger partial charge in [0, 0.05) is 0 Å². The summed E-state index contributed by atoms with van der Waals surface area (Å²) in [5.41, 5.74) is 5.36. The Labute approximate surface area is 230 Å². The van der Waals surface area contributed by atoms with Crippen LogP contribution in [0.1, 0.15) is 0 Å². The predicted octanol–water partition coefficient (Wildman–Crippen LogP) is 5.10. The van der Waals surface area contributed by atoms with Crippen LogP contribution in [0.4, 0.5) is 0 Å². The fourth-order valence-electron chi connectivity index (χ4n) is 4.76. The molecule has 0 atom stereocenters. The van der Waals surface area contributed by atoms with Crippen molar-refractivity contribution in [3.8, 4) is 0 Å². The number of benzene rings is 4. The average molecular weight is 505 g/mol. The first-order valence-corrected chi connectivity index (χ1v) is 12.1. The van der Waals surface area contributed by atoms with E-state index in [1.165, 1.54) is 21.9 Å². The summed E-state index contributed by atoms with van der Waals surface area (Å²) in [5.74, 6) is 0. The minimum absolute atomic E-state index is 0. The first kappa shape index (κ1) is 28.0. The Hall–Kier alpha value is -2.54. The van der Waals surface area contributed by atoms with Gasteiger partial charge in [0.15, 0.2) is 0 Å². The first-order valence-electron chi connectivity index (χ1n) is 12.1. The zero-order valence-corrected chi connectivity index (χ0v) is 21.4. The van der Waals surface area contributed by atoms with Crippen molar-refractivity contribution in [1.29, 1.82) is 0 Å². The Balaban J connectivity index is 0.000000272.